The van der Waals surface area contributed by atoms with Crippen LogP contribution in [0.25, 0.3) is 0 Å². The zero-order chi connectivity index (χ0) is 23.3. The quantitative estimate of drug-likeness (QED) is 0.531. The molecule has 3 aromatic carbocycles. The second kappa shape index (κ2) is 9.95. The topological polar surface area (TPSA) is 79.0 Å². The molecule has 1 aliphatic rings. The first-order chi connectivity index (χ1) is 15.9. The van der Waals surface area contributed by atoms with Gasteiger partial charge in [-0.25, -0.2) is 8.42 Å². The lowest BCUT2D eigenvalue weighted by molar-refractivity contribution is -0.114. The lowest BCUT2D eigenvalue weighted by Gasteiger charge is -2.22. The van der Waals surface area contributed by atoms with Gasteiger partial charge in [-0.1, -0.05) is 18.2 Å². The van der Waals surface area contributed by atoms with Crippen molar-refractivity contribution in [2.75, 3.05) is 40.4 Å². The number of nitrogens with one attached hydrogen (secondary N) is 1. The van der Waals surface area contributed by atoms with E-state index < -0.39 is 15.9 Å². The monoisotopic (exact) mass is 465 g/mol. The first kappa shape index (κ1) is 22.7. The Balaban J connectivity index is 1.41. The van der Waals surface area contributed by atoms with Gasteiger partial charge in [0.25, 0.3) is 0 Å². The van der Waals surface area contributed by atoms with Gasteiger partial charge in [0.1, 0.15) is 18.0 Å². The van der Waals surface area contributed by atoms with Crippen LogP contribution in [0.15, 0.2) is 78.9 Å². The third-order valence-corrected chi connectivity index (χ3v) is 6.55. The first-order valence-electron chi connectivity index (χ1n) is 10.8. The molecule has 8 heteroatoms. The number of amides is 1. The molecule has 0 unspecified atom stereocenters. The summed E-state index contributed by atoms with van der Waals surface area (Å²) in [5.41, 5.74) is 2.14. The molecule has 33 heavy (non-hydrogen) atoms. The average Bonchev–Trinajstić information content (AvgIpc) is 3.34. The lowest BCUT2D eigenvalue weighted by Crippen LogP contribution is -2.37. The molecule has 1 aliphatic heterocycles. The molecule has 0 atom stereocenters. The lowest BCUT2D eigenvalue weighted by atomic mass is 10.2. The van der Waals surface area contributed by atoms with Gasteiger partial charge >= 0.3 is 0 Å². The van der Waals surface area contributed by atoms with Gasteiger partial charge in [0.2, 0.25) is 15.9 Å². The van der Waals surface area contributed by atoms with Crippen LogP contribution >= 0.6 is 0 Å². The van der Waals surface area contributed by atoms with E-state index in [-0.39, 0.29) is 6.54 Å². The van der Waals surface area contributed by atoms with Crippen molar-refractivity contribution in [1.29, 1.82) is 0 Å². The van der Waals surface area contributed by atoms with Crippen molar-refractivity contribution in [2.24, 2.45) is 0 Å². The minimum absolute atomic E-state index is 0.328. The largest absolute Gasteiger partial charge is 0.457 e. The Hall–Kier alpha value is -3.52. The molecule has 1 N–H and O–H groups in total. The predicted octanol–water partition coefficient (Wildman–Crippen LogP) is 4.48. The highest BCUT2D eigenvalue weighted by Gasteiger charge is 2.21. The number of rotatable bonds is 8. The Bertz CT molecular complexity index is 1170. The normalized spacial score (nSPS) is 13.5. The molecule has 4 rings (SSSR count). The van der Waals surface area contributed by atoms with Gasteiger partial charge in [-0.15, -0.1) is 0 Å². The van der Waals surface area contributed by atoms with Crippen LogP contribution in [-0.2, 0) is 14.8 Å². The van der Waals surface area contributed by atoms with E-state index in [9.17, 15) is 13.2 Å². The summed E-state index contributed by atoms with van der Waals surface area (Å²) in [5, 5.41) is 2.79. The minimum atomic E-state index is -3.67. The number of para-hydroxylation sites is 1. The highest BCUT2D eigenvalue weighted by Crippen LogP contribution is 2.26. The minimum Gasteiger partial charge on any atom is -0.457 e. The van der Waals surface area contributed by atoms with Gasteiger partial charge in [0, 0.05) is 24.5 Å². The van der Waals surface area contributed by atoms with Crippen molar-refractivity contribution in [3.63, 3.8) is 0 Å². The summed E-state index contributed by atoms with van der Waals surface area (Å²) in [6, 6.07) is 23.5. The van der Waals surface area contributed by atoms with Crippen molar-refractivity contribution in [3.8, 4) is 11.5 Å². The summed E-state index contributed by atoms with van der Waals surface area (Å²) < 4.78 is 31.6. The van der Waals surface area contributed by atoms with Crippen molar-refractivity contribution in [2.45, 2.75) is 12.8 Å². The van der Waals surface area contributed by atoms with E-state index in [0.29, 0.717) is 22.9 Å². The molecule has 0 radical (unpaired) electrons. The molecular weight excluding hydrogens is 438 g/mol. The van der Waals surface area contributed by atoms with Crippen LogP contribution in [0.5, 0.6) is 11.5 Å². The molecule has 0 spiro atoms. The Labute approximate surface area is 194 Å². The molecule has 7 nitrogen and oxygen atoms in total. The van der Waals surface area contributed by atoms with E-state index in [1.165, 1.54) is 12.8 Å². The molecule has 1 heterocycles. The number of sulfonamides is 1. The molecule has 1 amide bonds. The smallest absolute Gasteiger partial charge is 0.245 e. The van der Waals surface area contributed by atoms with Crippen LogP contribution in [0.3, 0.4) is 0 Å². The molecule has 0 bridgehead atoms. The molecule has 3 aromatic rings. The van der Waals surface area contributed by atoms with E-state index in [1.54, 1.807) is 24.3 Å². The van der Waals surface area contributed by atoms with Crippen LogP contribution in [0.2, 0.25) is 0 Å². The molecule has 1 saturated heterocycles. The molecular formula is C25H27N3O4S. The Morgan fingerprint density at radius 3 is 2.12 bits per heavy atom. The Kier molecular flexibility index (Phi) is 6.84. The van der Waals surface area contributed by atoms with E-state index in [1.807, 2.05) is 54.6 Å². The van der Waals surface area contributed by atoms with Crippen molar-refractivity contribution in [3.05, 3.63) is 78.9 Å². The zero-order valence-electron chi connectivity index (χ0n) is 18.5. The second-order valence-corrected chi connectivity index (χ2v) is 9.87. The summed E-state index contributed by atoms with van der Waals surface area (Å²) in [5.74, 6) is 0.834. The number of nitrogens with zero attached hydrogens (tertiary/aromatic N) is 2. The maximum atomic E-state index is 12.6. The van der Waals surface area contributed by atoms with Crippen molar-refractivity contribution < 1.29 is 17.9 Å². The van der Waals surface area contributed by atoms with Crippen LogP contribution in [0, 0.1) is 0 Å². The van der Waals surface area contributed by atoms with E-state index in [0.717, 1.165) is 29.3 Å². The highest BCUT2D eigenvalue weighted by molar-refractivity contribution is 7.92. The number of carbonyl (C=O) groups excluding carboxylic acids is 1. The first-order valence-corrected chi connectivity index (χ1v) is 12.7. The maximum absolute atomic E-state index is 12.6. The zero-order valence-corrected chi connectivity index (χ0v) is 19.3. The summed E-state index contributed by atoms with van der Waals surface area (Å²) in [7, 11) is -3.67. The van der Waals surface area contributed by atoms with Gasteiger partial charge in [0.05, 0.1) is 11.9 Å². The van der Waals surface area contributed by atoms with Crippen LogP contribution in [0.4, 0.5) is 17.1 Å². The number of hydrogen-bond donors (Lipinski definition) is 1. The molecule has 0 saturated carbocycles. The van der Waals surface area contributed by atoms with E-state index in [4.69, 9.17) is 4.74 Å². The second-order valence-electron chi connectivity index (χ2n) is 7.97. The number of hydrogen-bond acceptors (Lipinski definition) is 5. The summed E-state index contributed by atoms with van der Waals surface area (Å²) in [6.45, 7) is 1.76. The highest BCUT2D eigenvalue weighted by atomic mass is 32.2. The molecule has 1 fully saturated rings. The fourth-order valence-corrected chi connectivity index (χ4v) is 4.62. The van der Waals surface area contributed by atoms with Crippen LogP contribution < -0.4 is 19.3 Å². The van der Waals surface area contributed by atoms with Crippen molar-refractivity contribution in [1.82, 2.24) is 0 Å². The predicted molar refractivity (Wildman–Crippen MR) is 132 cm³/mol. The fourth-order valence-electron chi connectivity index (χ4n) is 3.77. The number of anilines is 3. The fraction of sp³-hybridized carbons (Fsp3) is 0.240. The Morgan fingerprint density at radius 1 is 0.909 bits per heavy atom. The number of carbonyl (C=O) groups is 1. The average molecular weight is 466 g/mol. The van der Waals surface area contributed by atoms with Gasteiger partial charge in [-0.05, 0) is 73.5 Å². The van der Waals surface area contributed by atoms with Gasteiger partial charge < -0.3 is 15.0 Å². The van der Waals surface area contributed by atoms with Crippen LogP contribution in [-0.4, -0.2) is 40.2 Å². The molecule has 0 aliphatic carbocycles. The van der Waals surface area contributed by atoms with Gasteiger partial charge in [-0.3, -0.25) is 9.10 Å². The molecule has 0 aromatic heterocycles. The number of ether oxygens (including phenoxy) is 1. The summed E-state index contributed by atoms with van der Waals surface area (Å²) in [4.78, 5) is 14.9. The van der Waals surface area contributed by atoms with Crippen LogP contribution in [0.1, 0.15) is 12.8 Å². The van der Waals surface area contributed by atoms with Gasteiger partial charge in [-0.2, -0.15) is 0 Å². The third-order valence-electron chi connectivity index (χ3n) is 5.41. The van der Waals surface area contributed by atoms with Gasteiger partial charge in [0.15, 0.2) is 0 Å². The van der Waals surface area contributed by atoms with E-state index >= 15 is 0 Å². The molecule has 172 valence electrons. The third kappa shape index (κ3) is 6.04. The van der Waals surface area contributed by atoms with Crippen molar-refractivity contribution >= 4 is 33.0 Å². The van der Waals surface area contributed by atoms with E-state index in [2.05, 4.69) is 10.2 Å². The Morgan fingerprint density at radius 2 is 1.52 bits per heavy atom. The standard InChI is InChI=1S/C25H27N3O4S/c1-33(30,31)28(22-13-15-24(16-14-22)32-23-7-3-2-4-8-23)19-25(29)26-20-9-11-21(12-10-20)27-17-5-6-18-27/h2-4,7-16H,5-6,17-19H2,1H3,(H,26,29). The summed E-state index contributed by atoms with van der Waals surface area (Å²) in [6.07, 6.45) is 3.47. The maximum Gasteiger partial charge on any atom is 0.245 e. The number of benzene rings is 3. The summed E-state index contributed by atoms with van der Waals surface area (Å²) >= 11 is 0. The SMILES string of the molecule is CS(=O)(=O)N(CC(=O)Nc1ccc(N2CCCC2)cc1)c1ccc(Oc2ccccc2)cc1.